The molecule has 0 spiro atoms. The second-order valence-electron chi connectivity index (χ2n) is 6.47. The van der Waals surface area contributed by atoms with Crippen LogP contribution in [0.3, 0.4) is 0 Å². The van der Waals surface area contributed by atoms with Gasteiger partial charge in [0, 0.05) is 39.3 Å². The molecule has 1 aromatic heterocycles. The summed E-state index contributed by atoms with van der Waals surface area (Å²) in [4.78, 5) is 30.7. The first-order valence-corrected chi connectivity index (χ1v) is 9.47. The number of hydrogen-bond acceptors (Lipinski definition) is 4. The smallest absolute Gasteiger partial charge is 0.289 e. The number of nitrogens with zero attached hydrogens (tertiary/aromatic N) is 3. The van der Waals surface area contributed by atoms with Crippen molar-refractivity contribution in [3.63, 3.8) is 0 Å². The molecule has 6 nitrogen and oxygen atoms in total. The third-order valence-corrected chi connectivity index (χ3v) is 5.19. The molecule has 2 aliphatic heterocycles. The van der Waals surface area contributed by atoms with Gasteiger partial charge in [0.15, 0.2) is 10.4 Å². The number of hydrogen-bond donors (Lipinski definition) is 0. The van der Waals surface area contributed by atoms with Gasteiger partial charge in [-0.3, -0.25) is 14.5 Å². The van der Waals surface area contributed by atoms with Crippen LogP contribution in [0.2, 0.25) is 0 Å². The van der Waals surface area contributed by atoms with E-state index in [9.17, 15) is 9.59 Å². The maximum absolute atomic E-state index is 12.4. The Bertz CT molecular complexity index is 573. The summed E-state index contributed by atoms with van der Waals surface area (Å²) in [5.41, 5.74) is 0. The van der Waals surface area contributed by atoms with Crippen LogP contribution in [0.15, 0.2) is 21.2 Å². The standard InChI is InChI=1S/C17H24BrN3O3/c18-15-6-5-14(24-15)17(23)21-11-9-19(10-12-21)13-16(22)20-7-3-1-2-4-8-20/h5-6H,1-4,7-13H2. The van der Waals surface area contributed by atoms with Gasteiger partial charge in [0.1, 0.15) is 0 Å². The Morgan fingerprint density at radius 2 is 1.58 bits per heavy atom. The normalized spacial score (nSPS) is 20.0. The summed E-state index contributed by atoms with van der Waals surface area (Å²) < 4.78 is 5.89. The van der Waals surface area contributed by atoms with E-state index in [1.807, 2.05) is 4.90 Å². The fraction of sp³-hybridized carbons (Fsp3) is 0.647. The van der Waals surface area contributed by atoms with Crippen molar-refractivity contribution in [2.45, 2.75) is 25.7 Å². The molecule has 0 aliphatic carbocycles. The van der Waals surface area contributed by atoms with E-state index in [0.29, 0.717) is 30.1 Å². The van der Waals surface area contributed by atoms with Crippen molar-refractivity contribution in [2.24, 2.45) is 0 Å². The molecule has 2 aliphatic rings. The second kappa shape index (κ2) is 8.16. The van der Waals surface area contributed by atoms with Crippen LogP contribution >= 0.6 is 15.9 Å². The van der Waals surface area contributed by atoms with E-state index in [-0.39, 0.29) is 11.8 Å². The van der Waals surface area contributed by atoms with Crippen molar-refractivity contribution in [1.29, 1.82) is 0 Å². The number of likely N-dealkylation sites (tertiary alicyclic amines) is 1. The lowest BCUT2D eigenvalue weighted by atomic mass is 10.2. The van der Waals surface area contributed by atoms with E-state index < -0.39 is 0 Å². The van der Waals surface area contributed by atoms with E-state index in [4.69, 9.17) is 4.42 Å². The minimum Gasteiger partial charge on any atom is -0.444 e. The van der Waals surface area contributed by atoms with Gasteiger partial charge >= 0.3 is 0 Å². The van der Waals surface area contributed by atoms with Crippen LogP contribution < -0.4 is 0 Å². The van der Waals surface area contributed by atoms with Gasteiger partial charge in [-0.15, -0.1) is 0 Å². The van der Waals surface area contributed by atoms with Gasteiger partial charge < -0.3 is 14.2 Å². The van der Waals surface area contributed by atoms with E-state index in [2.05, 4.69) is 20.8 Å². The topological polar surface area (TPSA) is 57.0 Å². The molecular formula is C17H24BrN3O3. The van der Waals surface area contributed by atoms with Crippen molar-refractivity contribution in [1.82, 2.24) is 14.7 Å². The number of halogens is 1. The molecule has 2 amide bonds. The van der Waals surface area contributed by atoms with Gasteiger partial charge in [-0.25, -0.2) is 0 Å². The Morgan fingerprint density at radius 3 is 2.17 bits per heavy atom. The average molecular weight is 398 g/mol. The summed E-state index contributed by atoms with van der Waals surface area (Å²) in [5.74, 6) is 0.502. The fourth-order valence-electron chi connectivity index (χ4n) is 3.31. The molecule has 3 rings (SSSR count). The van der Waals surface area contributed by atoms with Crippen LogP contribution in [-0.2, 0) is 4.79 Å². The zero-order valence-electron chi connectivity index (χ0n) is 13.9. The highest BCUT2D eigenvalue weighted by atomic mass is 79.9. The van der Waals surface area contributed by atoms with Crippen molar-refractivity contribution in [2.75, 3.05) is 45.8 Å². The largest absolute Gasteiger partial charge is 0.444 e. The highest BCUT2D eigenvalue weighted by molar-refractivity contribution is 9.10. The fourth-order valence-corrected chi connectivity index (χ4v) is 3.61. The summed E-state index contributed by atoms with van der Waals surface area (Å²) in [7, 11) is 0. The predicted octanol–water partition coefficient (Wildman–Crippen LogP) is 2.20. The highest BCUT2D eigenvalue weighted by Crippen LogP contribution is 2.17. The van der Waals surface area contributed by atoms with Crippen molar-refractivity contribution in [3.8, 4) is 0 Å². The summed E-state index contributed by atoms with van der Waals surface area (Å²) in [6.07, 6.45) is 4.69. The van der Waals surface area contributed by atoms with Gasteiger partial charge in [0.2, 0.25) is 5.91 Å². The maximum atomic E-state index is 12.4. The van der Waals surface area contributed by atoms with Gasteiger partial charge in [0.05, 0.1) is 6.54 Å². The average Bonchev–Trinajstić information content (AvgIpc) is 2.85. The van der Waals surface area contributed by atoms with Crippen LogP contribution in [0.25, 0.3) is 0 Å². The number of carbonyl (C=O) groups is 2. The first-order valence-electron chi connectivity index (χ1n) is 8.68. The van der Waals surface area contributed by atoms with Crippen LogP contribution in [0.4, 0.5) is 0 Å². The summed E-state index contributed by atoms with van der Waals surface area (Å²) in [6, 6.07) is 3.41. The number of carbonyl (C=O) groups excluding carboxylic acids is 2. The lowest BCUT2D eigenvalue weighted by Gasteiger charge is -2.35. The molecule has 7 heteroatoms. The van der Waals surface area contributed by atoms with E-state index in [0.717, 1.165) is 39.0 Å². The van der Waals surface area contributed by atoms with Crippen LogP contribution in [-0.4, -0.2) is 72.3 Å². The zero-order valence-corrected chi connectivity index (χ0v) is 15.5. The number of furan rings is 1. The Labute approximate surface area is 150 Å². The minimum absolute atomic E-state index is 0.0841. The monoisotopic (exact) mass is 397 g/mol. The molecule has 132 valence electrons. The molecule has 24 heavy (non-hydrogen) atoms. The lowest BCUT2D eigenvalue weighted by molar-refractivity contribution is -0.132. The molecule has 1 aromatic rings. The van der Waals surface area contributed by atoms with Crippen LogP contribution in [0, 0.1) is 0 Å². The van der Waals surface area contributed by atoms with Crippen molar-refractivity contribution < 1.29 is 14.0 Å². The third-order valence-electron chi connectivity index (χ3n) is 4.76. The van der Waals surface area contributed by atoms with Crippen molar-refractivity contribution in [3.05, 3.63) is 22.6 Å². The van der Waals surface area contributed by atoms with Gasteiger partial charge in [-0.1, -0.05) is 12.8 Å². The molecule has 3 heterocycles. The molecule has 0 unspecified atom stereocenters. The van der Waals surface area contributed by atoms with Gasteiger partial charge in [-0.05, 0) is 40.9 Å². The predicted molar refractivity (Wildman–Crippen MR) is 93.8 cm³/mol. The number of rotatable bonds is 3. The number of piperazine rings is 1. The van der Waals surface area contributed by atoms with Gasteiger partial charge in [-0.2, -0.15) is 0 Å². The highest BCUT2D eigenvalue weighted by Gasteiger charge is 2.26. The summed E-state index contributed by atoms with van der Waals surface area (Å²) >= 11 is 3.22. The van der Waals surface area contributed by atoms with E-state index in [1.54, 1.807) is 17.0 Å². The van der Waals surface area contributed by atoms with Crippen molar-refractivity contribution >= 4 is 27.7 Å². The first kappa shape index (κ1) is 17.5. The van der Waals surface area contributed by atoms with Gasteiger partial charge in [0.25, 0.3) is 5.91 Å². The second-order valence-corrected chi connectivity index (χ2v) is 7.25. The SMILES string of the molecule is O=C(CN1CCN(C(=O)c2ccc(Br)o2)CC1)N1CCCCCC1. The van der Waals surface area contributed by atoms with Crippen LogP contribution in [0.5, 0.6) is 0 Å². The molecule has 0 aromatic carbocycles. The molecule has 0 N–H and O–H groups in total. The first-order chi connectivity index (χ1) is 11.6. The molecule has 2 fully saturated rings. The Kier molecular flexibility index (Phi) is 5.94. The molecular weight excluding hydrogens is 374 g/mol. The quantitative estimate of drug-likeness (QED) is 0.784. The molecule has 0 atom stereocenters. The Balaban J connectivity index is 1.46. The Morgan fingerprint density at radius 1 is 0.917 bits per heavy atom. The molecule has 2 saturated heterocycles. The number of amides is 2. The third kappa shape index (κ3) is 4.39. The molecule has 0 radical (unpaired) electrons. The summed E-state index contributed by atoms with van der Waals surface area (Å²) in [5, 5.41) is 0. The van der Waals surface area contributed by atoms with E-state index in [1.165, 1.54) is 12.8 Å². The maximum Gasteiger partial charge on any atom is 0.289 e. The molecule has 0 saturated carbocycles. The molecule has 0 bridgehead atoms. The van der Waals surface area contributed by atoms with E-state index >= 15 is 0 Å². The Hall–Kier alpha value is -1.34. The van der Waals surface area contributed by atoms with Crippen LogP contribution in [0.1, 0.15) is 36.2 Å². The summed E-state index contributed by atoms with van der Waals surface area (Å²) in [6.45, 7) is 4.97. The zero-order chi connectivity index (χ0) is 16.9. The lowest BCUT2D eigenvalue weighted by Crippen LogP contribution is -2.51. The minimum atomic E-state index is -0.0841.